The SMILES string of the molecule is CNC1CCC(N2CCCC2C(C)C)CC1. The van der Waals surface area contributed by atoms with Gasteiger partial charge in [0.05, 0.1) is 0 Å². The zero-order valence-corrected chi connectivity index (χ0v) is 11.2. The van der Waals surface area contributed by atoms with Gasteiger partial charge in [0.15, 0.2) is 0 Å². The number of nitrogens with zero attached hydrogens (tertiary/aromatic N) is 1. The molecule has 2 fully saturated rings. The maximum Gasteiger partial charge on any atom is 0.0122 e. The van der Waals surface area contributed by atoms with Crippen molar-refractivity contribution in [1.29, 1.82) is 0 Å². The molecule has 1 saturated carbocycles. The summed E-state index contributed by atoms with van der Waals surface area (Å²) < 4.78 is 0. The zero-order chi connectivity index (χ0) is 11.5. The van der Waals surface area contributed by atoms with E-state index in [1.165, 1.54) is 45.1 Å². The molecular weight excluding hydrogens is 196 g/mol. The molecule has 0 bridgehead atoms. The Bertz CT molecular complexity index is 207. The highest BCUT2D eigenvalue weighted by Gasteiger charge is 2.34. The summed E-state index contributed by atoms with van der Waals surface area (Å²) in [5.74, 6) is 0.838. The van der Waals surface area contributed by atoms with Gasteiger partial charge in [0.25, 0.3) is 0 Å². The first-order valence-electron chi connectivity index (χ1n) is 7.15. The van der Waals surface area contributed by atoms with Crippen molar-refractivity contribution in [3.63, 3.8) is 0 Å². The molecule has 1 N–H and O–H groups in total. The number of hydrogen-bond donors (Lipinski definition) is 1. The maximum absolute atomic E-state index is 3.43. The van der Waals surface area contributed by atoms with Crippen LogP contribution in [0.3, 0.4) is 0 Å². The molecule has 2 nitrogen and oxygen atoms in total. The van der Waals surface area contributed by atoms with Crippen molar-refractivity contribution in [3.8, 4) is 0 Å². The Morgan fingerprint density at radius 1 is 1.06 bits per heavy atom. The molecule has 94 valence electrons. The fourth-order valence-electron chi connectivity index (χ4n) is 3.68. The molecule has 1 atom stereocenters. The fraction of sp³-hybridized carbons (Fsp3) is 1.00. The molecule has 2 rings (SSSR count). The van der Waals surface area contributed by atoms with Gasteiger partial charge in [-0.15, -0.1) is 0 Å². The second-order valence-corrected chi connectivity index (χ2v) is 5.99. The highest BCUT2D eigenvalue weighted by Crippen LogP contribution is 2.32. The van der Waals surface area contributed by atoms with E-state index in [-0.39, 0.29) is 0 Å². The molecule has 0 spiro atoms. The molecule has 2 aliphatic rings. The second kappa shape index (κ2) is 5.50. The van der Waals surface area contributed by atoms with E-state index in [1.54, 1.807) is 0 Å². The summed E-state index contributed by atoms with van der Waals surface area (Å²) in [5.41, 5.74) is 0. The third-order valence-corrected chi connectivity index (χ3v) is 4.69. The minimum absolute atomic E-state index is 0.788. The van der Waals surface area contributed by atoms with Gasteiger partial charge in [0.1, 0.15) is 0 Å². The molecule has 2 heteroatoms. The van der Waals surface area contributed by atoms with Gasteiger partial charge in [-0.05, 0) is 58.0 Å². The van der Waals surface area contributed by atoms with E-state index in [0.29, 0.717) is 0 Å². The van der Waals surface area contributed by atoms with Crippen molar-refractivity contribution in [2.24, 2.45) is 5.92 Å². The van der Waals surface area contributed by atoms with Gasteiger partial charge in [0.2, 0.25) is 0 Å². The zero-order valence-electron chi connectivity index (χ0n) is 11.2. The number of hydrogen-bond acceptors (Lipinski definition) is 2. The Kier molecular flexibility index (Phi) is 4.26. The van der Waals surface area contributed by atoms with Gasteiger partial charge >= 0.3 is 0 Å². The molecule has 1 aliphatic heterocycles. The average molecular weight is 224 g/mol. The van der Waals surface area contributed by atoms with Crippen molar-refractivity contribution < 1.29 is 0 Å². The molecule has 1 unspecified atom stereocenters. The van der Waals surface area contributed by atoms with E-state index in [1.807, 2.05) is 0 Å². The smallest absolute Gasteiger partial charge is 0.0122 e. The molecule has 0 aromatic heterocycles. The van der Waals surface area contributed by atoms with Crippen LogP contribution < -0.4 is 5.32 Å². The lowest BCUT2D eigenvalue weighted by Crippen LogP contribution is -2.45. The van der Waals surface area contributed by atoms with Crippen LogP contribution in [0.25, 0.3) is 0 Å². The molecule has 1 saturated heterocycles. The third kappa shape index (κ3) is 2.60. The fourth-order valence-corrected chi connectivity index (χ4v) is 3.68. The molecule has 0 amide bonds. The van der Waals surface area contributed by atoms with Gasteiger partial charge in [-0.25, -0.2) is 0 Å². The van der Waals surface area contributed by atoms with E-state index in [0.717, 1.165) is 24.0 Å². The lowest BCUT2D eigenvalue weighted by molar-refractivity contribution is 0.108. The molecule has 16 heavy (non-hydrogen) atoms. The minimum Gasteiger partial charge on any atom is -0.317 e. The van der Waals surface area contributed by atoms with Crippen LogP contribution >= 0.6 is 0 Å². The van der Waals surface area contributed by atoms with Crippen LogP contribution in [0.5, 0.6) is 0 Å². The Labute approximate surface area is 101 Å². The van der Waals surface area contributed by atoms with Crippen LogP contribution in [-0.4, -0.2) is 36.6 Å². The van der Waals surface area contributed by atoms with Crippen molar-refractivity contribution in [2.45, 2.75) is 70.5 Å². The number of rotatable bonds is 3. The minimum atomic E-state index is 0.788. The standard InChI is InChI=1S/C14H28N2/c1-11(2)14-5-4-10-16(14)13-8-6-12(15-3)7-9-13/h11-15H,4-10H2,1-3H3. The third-order valence-electron chi connectivity index (χ3n) is 4.69. The van der Waals surface area contributed by atoms with Crippen molar-refractivity contribution in [3.05, 3.63) is 0 Å². The summed E-state index contributed by atoms with van der Waals surface area (Å²) in [5, 5.41) is 3.43. The van der Waals surface area contributed by atoms with Crippen LogP contribution in [-0.2, 0) is 0 Å². The Morgan fingerprint density at radius 2 is 1.75 bits per heavy atom. The largest absolute Gasteiger partial charge is 0.317 e. The Balaban J connectivity index is 1.88. The number of likely N-dealkylation sites (tertiary alicyclic amines) is 1. The van der Waals surface area contributed by atoms with E-state index in [9.17, 15) is 0 Å². The van der Waals surface area contributed by atoms with E-state index in [2.05, 4.69) is 31.1 Å². The van der Waals surface area contributed by atoms with E-state index >= 15 is 0 Å². The molecule has 1 aliphatic carbocycles. The summed E-state index contributed by atoms with van der Waals surface area (Å²) in [7, 11) is 2.11. The first-order chi connectivity index (χ1) is 7.72. The first kappa shape index (κ1) is 12.4. The molecule has 0 radical (unpaired) electrons. The molecule has 0 aromatic rings. The summed E-state index contributed by atoms with van der Waals surface area (Å²) in [6, 6.07) is 2.55. The van der Waals surface area contributed by atoms with E-state index < -0.39 is 0 Å². The predicted molar refractivity (Wildman–Crippen MR) is 69.7 cm³/mol. The molecule has 0 aromatic carbocycles. The second-order valence-electron chi connectivity index (χ2n) is 5.99. The van der Waals surface area contributed by atoms with E-state index in [4.69, 9.17) is 0 Å². The summed E-state index contributed by atoms with van der Waals surface area (Å²) >= 11 is 0. The maximum atomic E-state index is 3.43. The van der Waals surface area contributed by atoms with Crippen LogP contribution in [0, 0.1) is 5.92 Å². The van der Waals surface area contributed by atoms with Gasteiger partial charge < -0.3 is 5.32 Å². The van der Waals surface area contributed by atoms with Crippen LogP contribution in [0.1, 0.15) is 52.4 Å². The van der Waals surface area contributed by atoms with Gasteiger partial charge in [-0.3, -0.25) is 4.90 Å². The highest BCUT2D eigenvalue weighted by atomic mass is 15.2. The van der Waals surface area contributed by atoms with Crippen LogP contribution in [0.2, 0.25) is 0 Å². The number of nitrogens with one attached hydrogen (secondary N) is 1. The Hall–Kier alpha value is -0.0800. The summed E-state index contributed by atoms with van der Waals surface area (Å²) in [4.78, 5) is 2.83. The quantitative estimate of drug-likeness (QED) is 0.793. The lowest BCUT2D eigenvalue weighted by Gasteiger charge is -2.39. The van der Waals surface area contributed by atoms with Crippen molar-refractivity contribution >= 4 is 0 Å². The monoisotopic (exact) mass is 224 g/mol. The Morgan fingerprint density at radius 3 is 2.31 bits per heavy atom. The van der Waals surface area contributed by atoms with Gasteiger partial charge in [0, 0.05) is 18.1 Å². The van der Waals surface area contributed by atoms with Crippen molar-refractivity contribution in [1.82, 2.24) is 10.2 Å². The average Bonchev–Trinajstić information content (AvgIpc) is 2.78. The lowest BCUT2D eigenvalue weighted by atomic mass is 9.89. The normalized spacial score (nSPS) is 37.1. The molecular formula is C14H28N2. The first-order valence-corrected chi connectivity index (χ1v) is 7.15. The predicted octanol–water partition coefficient (Wildman–Crippen LogP) is 2.64. The van der Waals surface area contributed by atoms with Gasteiger partial charge in [-0.1, -0.05) is 13.8 Å². The van der Waals surface area contributed by atoms with Crippen molar-refractivity contribution in [2.75, 3.05) is 13.6 Å². The van der Waals surface area contributed by atoms with Crippen LogP contribution in [0.15, 0.2) is 0 Å². The molecule has 1 heterocycles. The summed E-state index contributed by atoms with van der Waals surface area (Å²) in [6.07, 6.45) is 8.44. The highest BCUT2D eigenvalue weighted by molar-refractivity contribution is 4.90. The van der Waals surface area contributed by atoms with Gasteiger partial charge in [-0.2, -0.15) is 0 Å². The topological polar surface area (TPSA) is 15.3 Å². The van der Waals surface area contributed by atoms with Crippen LogP contribution in [0.4, 0.5) is 0 Å². The summed E-state index contributed by atoms with van der Waals surface area (Å²) in [6.45, 7) is 6.14.